The molecule has 2 rings (SSSR count). The van der Waals surface area contributed by atoms with E-state index in [0.29, 0.717) is 12.1 Å². The first-order valence-corrected chi connectivity index (χ1v) is 8.62. The topological polar surface area (TPSA) is 32.3 Å². The Kier molecular flexibility index (Phi) is 5.81. The Balaban J connectivity index is 1.84. The smallest absolute Gasteiger partial charge is 0.187 e. The SMILES string of the molecule is CSc1ncc(CN(C)C2CCN(C(C)C)CC2)cn1. The van der Waals surface area contributed by atoms with E-state index in [2.05, 4.69) is 40.7 Å². The molecular formula is C15H26N4S. The first kappa shape index (κ1) is 15.7. The van der Waals surface area contributed by atoms with Gasteiger partial charge in [-0.2, -0.15) is 0 Å². The van der Waals surface area contributed by atoms with Crippen molar-refractivity contribution in [3.05, 3.63) is 18.0 Å². The van der Waals surface area contributed by atoms with Gasteiger partial charge in [0, 0.05) is 36.6 Å². The number of likely N-dealkylation sites (tertiary alicyclic amines) is 1. The lowest BCUT2D eigenvalue weighted by molar-refractivity contribution is 0.104. The summed E-state index contributed by atoms with van der Waals surface area (Å²) in [4.78, 5) is 13.7. The van der Waals surface area contributed by atoms with Crippen molar-refractivity contribution in [3.8, 4) is 0 Å². The third-order valence-corrected chi connectivity index (χ3v) is 4.72. The molecule has 0 bridgehead atoms. The van der Waals surface area contributed by atoms with E-state index >= 15 is 0 Å². The molecule has 0 amide bonds. The van der Waals surface area contributed by atoms with Crippen LogP contribution >= 0.6 is 11.8 Å². The summed E-state index contributed by atoms with van der Waals surface area (Å²) in [5.74, 6) is 0. The van der Waals surface area contributed by atoms with E-state index in [1.165, 1.54) is 31.5 Å². The summed E-state index contributed by atoms with van der Waals surface area (Å²) in [6.07, 6.45) is 8.44. The Morgan fingerprint density at radius 1 is 1.30 bits per heavy atom. The molecule has 0 spiro atoms. The normalized spacial score (nSPS) is 18.1. The molecule has 1 aromatic heterocycles. The van der Waals surface area contributed by atoms with Crippen molar-refractivity contribution in [2.45, 2.75) is 50.5 Å². The molecule has 1 aliphatic heterocycles. The van der Waals surface area contributed by atoms with Gasteiger partial charge in [-0.05, 0) is 53.1 Å². The number of hydrogen-bond donors (Lipinski definition) is 0. The maximum absolute atomic E-state index is 4.35. The molecule has 0 radical (unpaired) electrons. The highest BCUT2D eigenvalue weighted by Gasteiger charge is 2.23. The summed E-state index contributed by atoms with van der Waals surface area (Å²) >= 11 is 1.59. The monoisotopic (exact) mass is 294 g/mol. The van der Waals surface area contributed by atoms with Gasteiger partial charge in [-0.15, -0.1) is 0 Å². The summed E-state index contributed by atoms with van der Waals surface area (Å²) in [5.41, 5.74) is 1.21. The lowest BCUT2D eigenvalue weighted by atomic mass is 10.0. The van der Waals surface area contributed by atoms with Gasteiger partial charge in [0.1, 0.15) is 0 Å². The Hall–Kier alpha value is -0.650. The number of nitrogens with zero attached hydrogens (tertiary/aromatic N) is 4. The summed E-state index contributed by atoms with van der Waals surface area (Å²) in [5, 5.41) is 0.849. The van der Waals surface area contributed by atoms with Crippen LogP contribution in [0.15, 0.2) is 17.6 Å². The Bertz CT molecular complexity index is 399. The lowest BCUT2D eigenvalue weighted by Gasteiger charge is -2.38. The number of thioether (sulfide) groups is 1. The molecule has 0 aliphatic carbocycles. The third-order valence-electron chi connectivity index (χ3n) is 4.15. The fourth-order valence-electron chi connectivity index (χ4n) is 2.79. The minimum absolute atomic E-state index is 0.675. The van der Waals surface area contributed by atoms with Gasteiger partial charge in [0.05, 0.1) is 0 Å². The van der Waals surface area contributed by atoms with Gasteiger partial charge in [-0.3, -0.25) is 4.90 Å². The van der Waals surface area contributed by atoms with Crippen molar-refractivity contribution >= 4 is 11.8 Å². The van der Waals surface area contributed by atoms with Crippen LogP contribution in [0.2, 0.25) is 0 Å². The predicted molar refractivity (Wildman–Crippen MR) is 85.0 cm³/mol. The zero-order valence-corrected chi connectivity index (χ0v) is 13.9. The second-order valence-electron chi connectivity index (χ2n) is 5.85. The predicted octanol–water partition coefficient (Wildman–Crippen LogP) is 2.50. The van der Waals surface area contributed by atoms with Gasteiger partial charge in [0.25, 0.3) is 0 Å². The highest BCUT2D eigenvalue weighted by molar-refractivity contribution is 7.98. The van der Waals surface area contributed by atoms with E-state index in [1.807, 2.05) is 18.6 Å². The molecule has 0 atom stereocenters. The Morgan fingerprint density at radius 3 is 2.40 bits per heavy atom. The van der Waals surface area contributed by atoms with Crippen LogP contribution in [-0.4, -0.2) is 58.2 Å². The van der Waals surface area contributed by atoms with E-state index in [-0.39, 0.29) is 0 Å². The van der Waals surface area contributed by atoms with Gasteiger partial charge < -0.3 is 4.90 Å². The summed E-state index contributed by atoms with van der Waals surface area (Å²) in [6, 6.07) is 1.36. The van der Waals surface area contributed by atoms with Gasteiger partial charge in [0.15, 0.2) is 5.16 Å². The fourth-order valence-corrected chi connectivity index (χ4v) is 3.11. The minimum atomic E-state index is 0.675. The van der Waals surface area contributed by atoms with Crippen molar-refractivity contribution in [2.75, 3.05) is 26.4 Å². The van der Waals surface area contributed by atoms with Gasteiger partial charge in [0.2, 0.25) is 0 Å². The highest BCUT2D eigenvalue weighted by Crippen LogP contribution is 2.19. The standard InChI is InChI=1S/C15H26N4S/c1-12(2)19-7-5-14(6-8-19)18(3)11-13-9-16-15(20-4)17-10-13/h9-10,12,14H,5-8,11H2,1-4H3. The maximum Gasteiger partial charge on any atom is 0.187 e. The molecular weight excluding hydrogens is 268 g/mol. The minimum Gasteiger partial charge on any atom is -0.301 e. The Morgan fingerprint density at radius 2 is 1.90 bits per heavy atom. The quantitative estimate of drug-likeness (QED) is 0.615. The van der Waals surface area contributed by atoms with Crippen LogP contribution < -0.4 is 0 Å². The van der Waals surface area contributed by atoms with Crippen molar-refractivity contribution in [3.63, 3.8) is 0 Å². The molecule has 1 fully saturated rings. The molecule has 0 N–H and O–H groups in total. The van der Waals surface area contributed by atoms with E-state index < -0.39 is 0 Å². The van der Waals surface area contributed by atoms with Gasteiger partial charge in [-0.1, -0.05) is 11.8 Å². The summed E-state index contributed by atoms with van der Waals surface area (Å²) in [6.45, 7) is 7.95. The highest BCUT2D eigenvalue weighted by atomic mass is 32.2. The molecule has 20 heavy (non-hydrogen) atoms. The summed E-state index contributed by atoms with van der Waals surface area (Å²) in [7, 11) is 2.22. The lowest BCUT2D eigenvalue weighted by Crippen LogP contribution is -2.45. The van der Waals surface area contributed by atoms with Crippen LogP contribution in [0.4, 0.5) is 0 Å². The second kappa shape index (κ2) is 7.38. The van der Waals surface area contributed by atoms with Gasteiger partial charge in [-0.25, -0.2) is 9.97 Å². The van der Waals surface area contributed by atoms with E-state index in [9.17, 15) is 0 Å². The molecule has 0 saturated carbocycles. The van der Waals surface area contributed by atoms with Crippen molar-refractivity contribution < 1.29 is 0 Å². The van der Waals surface area contributed by atoms with Crippen LogP contribution in [0.5, 0.6) is 0 Å². The largest absolute Gasteiger partial charge is 0.301 e. The Labute approximate surface area is 127 Å². The average Bonchev–Trinajstić information content (AvgIpc) is 2.48. The van der Waals surface area contributed by atoms with Crippen LogP contribution in [0.3, 0.4) is 0 Å². The molecule has 1 saturated heterocycles. The fraction of sp³-hybridized carbons (Fsp3) is 0.733. The van der Waals surface area contributed by atoms with Crippen molar-refractivity contribution in [1.82, 2.24) is 19.8 Å². The van der Waals surface area contributed by atoms with Crippen molar-refractivity contribution in [2.24, 2.45) is 0 Å². The first-order chi connectivity index (χ1) is 9.60. The van der Waals surface area contributed by atoms with Crippen LogP contribution in [0, 0.1) is 0 Å². The molecule has 0 aromatic carbocycles. The van der Waals surface area contributed by atoms with E-state index in [1.54, 1.807) is 11.8 Å². The van der Waals surface area contributed by atoms with E-state index in [4.69, 9.17) is 0 Å². The van der Waals surface area contributed by atoms with E-state index in [0.717, 1.165) is 11.7 Å². The number of hydrogen-bond acceptors (Lipinski definition) is 5. The second-order valence-corrected chi connectivity index (χ2v) is 6.63. The maximum atomic E-state index is 4.35. The first-order valence-electron chi connectivity index (χ1n) is 7.39. The zero-order valence-electron chi connectivity index (χ0n) is 13.0. The summed E-state index contributed by atoms with van der Waals surface area (Å²) < 4.78 is 0. The molecule has 5 heteroatoms. The molecule has 1 aromatic rings. The molecule has 0 unspecified atom stereocenters. The number of rotatable bonds is 5. The van der Waals surface area contributed by atoms with Crippen LogP contribution in [-0.2, 0) is 6.54 Å². The molecule has 112 valence electrons. The molecule has 1 aliphatic rings. The number of aromatic nitrogens is 2. The third kappa shape index (κ3) is 4.17. The van der Waals surface area contributed by atoms with Crippen LogP contribution in [0.25, 0.3) is 0 Å². The molecule has 2 heterocycles. The van der Waals surface area contributed by atoms with Crippen molar-refractivity contribution in [1.29, 1.82) is 0 Å². The number of piperidine rings is 1. The van der Waals surface area contributed by atoms with Crippen LogP contribution in [0.1, 0.15) is 32.3 Å². The molecule has 4 nitrogen and oxygen atoms in total. The zero-order chi connectivity index (χ0) is 14.5. The van der Waals surface area contributed by atoms with Gasteiger partial charge >= 0.3 is 0 Å². The average molecular weight is 294 g/mol.